The van der Waals surface area contributed by atoms with Crippen molar-refractivity contribution in [3.05, 3.63) is 24.7 Å². The van der Waals surface area contributed by atoms with Crippen LogP contribution in [-0.2, 0) is 11.3 Å². The number of ether oxygens (including phenoxy) is 1. The number of amides is 1. The highest BCUT2D eigenvalue weighted by molar-refractivity contribution is 5.91. The predicted octanol–water partition coefficient (Wildman–Crippen LogP) is 2.06. The fourth-order valence-electron chi connectivity index (χ4n) is 3.41. The fourth-order valence-corrected chi connectivity index (χ4v) is 3.41. The minimum atomic E-state index is -0.0857. The molecule has 2 aromatic rings. The number of rotatable bonds is 6. The summed E-state index contributed by atoms with van der Waals surface area (Å²) in [5, 5.41) is 14.3. The smallest absolute Gasteiger partial charge is 0.225 e. The molecule has 1 amide bonds. The second-order valence-electron chi connectivity index (χ2n) is 6.38. The average Bonchev–Trinajstić information content (AvgIpc) is 3.08. The molecule has 8 heteroatoms. The number of hydrogen-bond acceptors (Lipinski definition) is 6. The predicted molar refractivity (Wildman–Crippen MR) is 87.4 cm³/mol. The molecule has 0 radical (unpaired) electrons. The van der Waals surface area contributed by atoms with E-state index in [0.717, 1.165) is 25.7 Å². The summed E-state index contributed by atoms with van der Waals surface area (Å²) < 4.78 is 6.75. The lowest BCUT2D eigenvalue weighted by atomic mass is 9.71. The van der Waals surface area contributed by atoms with Crippen LogP contribution in [0.2, 0.25) is 0 Å². The van der Waals surface area contributed by atoms with Crippen molar-refractivity contribution in [1.29, 1.82) is 0 Å². The molecule has 128 valence electrons. The van der Waals surface area contributed by atoms with Gasteiger partial charge in [-0.2, -0.15) is 0 Å². The Bertz CT molecular complexity index is 650. The van der Waals surface area contributed by atoms with Gasteiger partial charge in [-0.3, -0.25) is 4.79 Å². The maximum atomic E-state index is 12.5. The van der Waals surface area contributed by atoms with Crippen molar-refractivity contribution in [3.8, 4) is 5.88 Å². The first-order chi connectivity index (χ1) is 11.7. The SMILES string of the molecule is COc1ccc(NC(=O)CC2(Cn3cnnn3)CCCCC2)cn1. The highest BCUT2D eigenvalue weighted by atomic mass is 16.5. The number of tetrazole rings is 1. The summed E-state index contributed by atoms with van der Waals surface area (Å²) >= 11 is 0. The van der Waals surface area contributed by atoms with Crippen LogP contribution in [0, 0.1) is 5.41 Å². The number of aromatic nitrogens is 5. The van der Waals surface area contributed by atoms with Gasteiger partial charge < -0.3 is 10.1 Å². The van der Waals surface area contributed by atoms with Gasteiger partial charge in [0, 0.05) is 12.5 Å². The second-order valence-corrected chi connectivity index (χ2v) is 6.38. The van der Waals surface area contributed by atoms with Gasteiger partial charge >= 0.3 is 0 Å². The van der Waals surface area contributed by atoms with Crippen molar-refractivity contribution < 1.29 is 9.53 Å². The van der Waals surface area contributed by atoms with Gasteiger partial charge in [-0.1, -0.05) is 19.3 Å². The molecule has 1 aliphatic carbocycles. The summed E-state index contributed by atoms with van der Waals surface area (Å²) in [6, 6.07) is 3.52. The number of hydrogen-bond donors (Lipinski definition) is 1. The van der Waals surface area contributed by atoms with Gasteiger partial charge in [-0.25, -0.2) is 9.67 Å². The van der Waals surface area contributed by atoms with E-state index in [1.807, 2.05) is 0 Å². The van der Waals surface area contributed by atoms with Crippen LogP contribution in [0.15, 0.2) is 24.7 Å². The average molecular weight is 330 g/mol. The number of anilines is 1. The maximum Gasteiger partial charge on any atom is 0.225 e. The monoisotopic (exact) mass is 330 g/mol. The van der Waals surface area contributed by atoms with E-state index in [4.69, 9.17) is 4.74 Å². The van der Waals surface area contributed by atoms with Gasteiger partial charge in [-0.15, -0.1) is 5.10 Å². The molecule has 0 bridgehead atoms. The summed E-state index contributed by atoms with van der Waals surface area (Å²) in [4.78, 5) is 16.6. The van der Waals surface area contributed by atoms with E-state index in [0.29, 0.717) is 24.5 Å². The van der Waals surface area contributed by atoms with Crippen molar-refractivity contribution in [2.75, 3.05) is 12.4 Å². The first-order valence-electron chi connectivity index (χ1n) is 8.20. The lowest BCUT2D eigenvalue weighted by Crippen LogP contribution is -2.34. The number of nitrogens with one attached hydrogen (secondary N) is 1. The molecule has 0 aromatic carbocycles. The Morgan fingerprint density at radius 1 is 1.33 bits per heavy atom. The Morgan fingerprint density at radius 2 is 2.17 bits per heavy atom. The molecule has 8 nitrogen and oxygen atoms in total. The molecule has 1 aliphatic rings. The normalized spacial score (nSPS) is 16.5. The van der Waals surface area contributed by atoms with E-state index in [1.54, 1.807) is 36.4 Å². The summed E-state index contributed by atoms with van der Waals surface area (Å²) in [5.41, 5.74) is 0.589. The first-order valence-corrected chi connectivity index (χ1v) is 8.20. The zero-order valence-corrected chi connectivity index (χ0v) is 13.8. The van der Waals surface area contributed by atoms with E-state index in [1.165, 1.54) is 6.42 Å². The number of carbonyl (C=O) groups excluding carboxylic acids is 1. The van der Waals surface area contributed by atoms with E-state index in [9.17, 15) is 4.79 Å². The molecular weight excluding hydrogens is 308 g/mol. The quantitative estimate of drug-likeness (QED) is 0.871. The van der Waals surface area contributed by atoms with Gasteiger partial charge in [0.05, 0.1) is 25.5 Å². The first kappa shape index (κ1) is 16.4. The summed E-state index contributed by atoms with van der Waals surface area (Å²) in [6.45, 7) is 0.675. The summed E-state index contributed by atoms with van der Waals surface area (Å²) in [6.07, 6.45) is 9.20. The zero-order chi connectivity index (χ0) is 16.8. The minimum absolute atomic E-state index is 0.00283. The van der Waals surface area contributed by atoms with Crippen LogP contribution in [0.3, 0.4) is 0 Å². The van der Waals surface area contributed by atoms with Crippen LogP contribution in [-0.4, -0.2) is 38.2 Å². The molecule has 0 atom stereocenters. The van der Waals surface area contributed by atoms with E-state index in [2.05, 4.69) is 25.8 Å². The molecule has 2 heterocycles. The van der Waals surface area contributed by atoms with Crippen molar-refractivity contribution in [2.24, 2.45) is 5.41 Å². The molecule has 24 heavy (non-hydrogen) atoms. The molecule has 1 fully saturated rings. The summed E-state index contributed by atoms with van der Waals surface area (Å²) in [5.74, 6) is 0.521. The standard InChI is InChI=1S/C16H22N6O2/c1-24-15-6-5-13(10-17-15)19-14(23)9-16(7-3-2-4-8-16)11-22-12-18-20-21-22/h5-6,10,12H,2-4,7-9,11H2,1H3,(H,19,23). The molecule has 3 rings (SSSR count). The van der Waals surface area contributed by atoms with Crippen LogP contribution in [0.4, 0.5) is 5.69 Å². The molecular formula is C16H22N6O2. The fraction of sp³-hybridized carbons (Fsp3) is 0.562. The third-order valence-electron chi connectivity index (χ3n) is 4.57. The van der Waals surface area contributed by atoms with Gasteiger partial charge in [0.2, 0.25) is 11.8 Å². The molecule has 1 N–H and O–H groups in total. The number of carbonyl (C=O) groups is 1. The Morgan fingerprint density at radius 3 is 2.79 bits per heavy atom. The zero-order valence-electron chi connectivity index (χ0n) is 13.8. The van der Waals surface area contributed by atoms with Crippen LogP contribution in [0.25, 0.3) is 0 Å². The number of pyridine rings is 1. The Hall–Kier alpha value is -2.51. The van der Waals surface area contributed by atoms with Crippen molar-refractivity contribution in [1.82, 2.24) is 25.2 Å². The Kier molecular flexibility index (Phi) is 5.02. The lowest BCUT2D eigenvalue weighted by Gasteiger charge is -2.36. The molecule has 0 spiro atoms. The van der Waals surface area contributed by atoms with Crippen LogP contribution >= 0.6 is 0 Å². The third kappa shape index (κ3) is 4.06. The van der Waals surface area contributed by atoms with Gasteiger partial charge in [-0.05, 0) is 34.7 Å². The van der Waals surface area contributed by atoms with Crippen molar-refractivity contribution >= 4 is 11.6 Å². The number of methoxy groups -OCH3 is 1. The maximum absolute atomic E-state index is 12.5. The molecule has 2 aromatic heterocycles. The minimum Gasteiger partial charge on any atom is -0.481 e. The van der Waals surface area contributed by atoms with Crippen LogP contribution in [0.1, 0.15) is 38.5 Å². The van der Waals surface area contributed by atoms with E-state index < -0.39 is 0 Å². The van der Waals surface area contributed by atoms with Gasteiger partial charge in [0.15, 0.2) is 0 Å². The second kappa shape index (κ2) is 7.37. The topological polar surface area (TPSA) is 94.8 Å². The van der Waals surface area contributed by atoms with Crippen molar-refractivity contribution in [3.63, 3.8) is 0 Å². The van der Waals surface area contributed by atoms with Crippen LogP contribution < -0.4 is 10.1 Å². The van der Waals surface area contributed by atoms with Crippen LogP contribution in [0.5, 0.6) is 5.88 Å². The largest absolute Gasteiger partial charge is 0.481 e. The molecule has 0 aliphatic heterocycles. The third-order valence-corrected chi connectivity index (χ3v) is 4.57. The van der Waals surface area contributed by atoms with E-state index >= 15 is 0 Å². The Balaban J connectivity index is 1.66. The molecule has 0 saturated heterocycles. The number of nitrogens with zero attached hydrogens (tertiary/aromatic N) is 5. The summed E-state index contributed by atoms with van der Waals surface area (Å²) in [7, 11) is 1.56. The van der Waals surface area contributed by atoms with E-state index in [-0.39, 0.29) is 11.3 Å². The van der Waals surface area contributed by atoms with Gasteiger partial charge in [0.25, 0.3) is 0 Å². The highest BCUT2D eigenvalue weighted by Crippen LogP contribution is 2.40. The molecule has 0 unspecified atom stereocenters. The highest BCUT2D eigenvalue weighted by Gasteiger charge is 2.35. The van der Waals surface area contributed by atoms with Crippen molar-refractivity contribution in [2.45, 2.75) is 45.1 Å². The van der Waals surface area contributed by atoms with Gasteiger partial charge in [0.1, 0.15) is 6.33 Å². The lowest BCUT2D eigenvalue weighted by molar-refractivity contribution is -0.119. The molecule has 1 saturated carbocycles. The Labute approximate surface area is 140 Å².